The van der Waals surface area contributed by atoms with E-state index in [1.807, 2.05) is 25.1 Å². The molecule has 1 aliphatic rings. The number of carbonyl (C=O) groups is 1. The van der Waals surface area contributed by atoms with E-state index < -0.39 is 0 Å². The summed E-state index contributed by atoms with van der Waals surface area (Å²) in [6, 6.07) is 10.2. The van der Waals surface area contributed by atoms with E-state index in [1.165, 1.54) is 16.9 Å². The number of thiazole rings is 1. The fraction of sp³-hybridized carbons (Fsp3) is 0.412. The molecule has 1 aliphatic heterocycles. The van der Waals surface area contributed by atoms with Crippen molar-refractivity contribution in [3.05, 3.63) is 51.5 Å². The van der Waals surface area contributed by atoms with Crippen molar-refractivity contribution in [2.45, 2.75) is 19.8 Å². The molecule has 1 N–H and O–H groups in total. The van der Waals surface area contributed by atoms with Gasteiger partial charge < -0.3 is 10.1 Å². The molecule has 1 aromatic carbocycles. The van der Waals surface area contributed by atoms with E-state index in [0.29, 0.717) is 12.5 Å². The molecule has 0 saturated carbocycles. The summed E-state index contributed by atoms with van der Waals surface area (Å²) >= 11 is 1.49. The summed E-state index contributed by atoms with van der Waals surface area (Å²) in [5, 5.41) is 3.99. The fourth-order valence-corrected chi connectivity index (χ4v) is 3.59. The Labute approximate surface area is 134 Å². The highest BCUT2D eigenvalue weighted by molar-refractivity contribution is 7.13. The molecule has 2 heterocycles. The molecule has 1 fully saturated rings. The summed E-state index contributed by atoms with van der Waals surface area (Å²) in [7, 11) is 0. The number of carbonyl (C=O) groups excluding carboxylic acids is 1. The molecule has 0 bridgehead atoms. The highest BCUT2D eigenvalue weighted by atomic mass is 32.1. The maximum atomic E-state index is 12.3. The number of hydrogen-bond donors (Lipinski definition) is 1. The highest BCUT2D eigenvalue weighted by Crippen LogP contribution is 2.21. The third-order valence-electron chi connectivity index (χ3n) is 3.82. The Balaban J connectivity index is 1.62. The SMILES string of the molecule is Cc1nc(Cc2ccccc2)sc1C(=O)NC[C@H]1CCOC1. The minimum Gasteiger partial charge on any atom is -0.381 e. The standard InChI is InChI=1S/C17H20N2O2S/c1-12-16(17(20)18-10-14-7-8-21-11-14)22-15(19-12)9-13-5-3-2-4-6-13/h2-6,14H,7-11H2,1H3,(H,18,20)/t14-/m1/s1. The summed E-state index contributed by atoms with van der Waals surface area (Å²) in [5.74, 6) is 0.433. The summed E-state index contributed by atoms with van der Waals surface area (Å²) < 4.78 is 5.33. The van der Waals surface area contributed by atoms with Crippen LogP contribution in [0.3, 0.4) is 0 Å². The zero-order valence-electron chi connectivity index (χ0n) is 12.7. The minimum atomic E-state index is -0.0128. The van der Waals surface area contributed by atoms with Gasteiger partial charge in [-0.3, -0.25) is 4.79 Å². The lowest BCUT2D eigenvalue weighted by Crippen LogP contribution is -2.29. The van der Waals surface area contributed by atoms with Gasteiger partial charge in [-0.05, 0) is 18.9 Å². The first-order valence-electron chi connectivity index (χ1n) is 7.58. The fourth-order valence-electron chi connectivity index (χ4n) is 2.57. The zero-order valence-corrected chi connectivity index (χ0v) is 13.5. The predicted octanol–water partition coefficient (Wildman–Crippen LogP) is 2.81. The van der Waals surface area contributed by atoms with Crippen molar-refractivity contribution in [3.63, 3.8) is 0 Å². The Bertz CT molecular complexity index is 633. The molecule has 116 valence electrons. The van der Waals surface area contributed by atoms with Crippen LogP contribution in [0.2, 0.25) is 0 Å². The third-order valence-corrected chi connectivity index (χ3v) is 4.98. The van der Waals surface area contributed by atoms with Gasteiger partial charge in [0.05, 0.1) is 17.3 Å². The molecule has 1 aromatic heterocycles. The molecule has 22 heavy (non-hydrogen) atoms. The molecule has 5 heteroatoms. The van der Waals surface area contributed by atoms with Gasteiger partial charge in [0.1, 0.15) is 4.88 Å². The largest absolute Gasteiger partial charge is 0.381 e. The van der Waals surface area contributed by atoms with Crippen molar-refractivity contribution in [3.8, 4) is 0 Å². The van der Waals surface area contributed by atoms with Crippen molar-refractivity contribution >= 4 is 17.2 Å². The lowest BCUT2D eigenvalue weighted by atomic mass is 10.1. The number of nitrogens with one attached hydrogen (secondary N) is 1. The smallest absolute Gasteiger partial charge is 0.263 e. The normalized spacial score (nSPS) is 17.6. The molecular formula is C17H20N2O2S. The Hall–Kier alpha value is -1.72. The van der Waals surface area contributed by atoms with Gasteiger partial charge >= 0.3 is 0 Å². The van der Waals surface area contributed by atoms with Crippen LogP contribution in [0.4, 0.5) is 0 Å². The van der Waals surface area contributed by atoms with Crippen LogP contribution in [-0.2, 0) is 11.2 Å². The Morgan fingerprint density at radius 2 is 2.23 bits per heavy atom. The average Bonchev–Trinajstić information content (AvgIpc) is 3.16. The van der Waals surface area contributed by atoms with Gasteiger partial charge in [0.15, 0.2) is 0 Å². The van der Waals surface area contributed by atoms with Crippen molar-refractivity contribution in [2.24, 2.45) is 5.92 Å². The van der Waals surface area contributed by atoms with Gasteiger partial charge in [-0.15, -0.1) is 11.3 Å². The van der Waals surface area contributed by atoms with Gasteiger partial charge in [0.2, 0.25) is 0 Å². The van der Waals surface area contributed by atoms with Gasteiger partial charge in [0, 0.05) is 25.5 Å². The number of ether oxygens (including phenoxy) is 1. The highest BCUT2D eigenvalue weighted by Gasteiger charge is 2.19. The minimum absolute atomic E-state index is 0.0128. The number of hydrogen-bond acceptors (Lipinski definition) is 4. The number of benzene rings is 1. The first-order chi connectivity index (χ1) is 10.7. The van der Waals surface area contributed by atoms with E-state index in [-0.39, 0.29) is 5.91 Å². The van der Waals surface area contributed by atoms with Crippen molar-refractivity contribution in [2.75, 3.05) is 19.8 Å². The van der Waals surface area contributed by atoms with Crippen LogP contribution in [-0.4, -0.2) is 30.6 Å². The number of aryl methyl sites for hydroxylation is 1. The molecule has 1 saturated heterocycles. The second kappa shape index (κ2) is 7.03. The molecule has 3 rings (SSSR count). The summed E-state index contributed by atoms with van der Waals surface area (Å²) in [6.45, 7) is 4.14. The molecule has 0 radical (unpaired) electrons. The zero-order chi connectivity index (χ0) is 15.4. The number of amides is 1. The molecular weight excluding hydrogens is 296 g/mol. The van der Waals surface area contributed by atoms with E-state index in [1.54, 1.807) is 0 Å². The van der Waals surface area contributed by atoms with Gasteiger partial charge in [-0.1, -0.05) is 30.3 Å². The number of rotatable bonds is 5. The topological polar surface area (TPSA) is 51.2 Å². The molecule has 0 spiro atoms. The Morgan fingerprint density at radius 1 is 1.41 bits per heavy atom. The molecule has 4 nitrogen and oxygen atoms in total. The quantitative estimate of drug-likeness (QED) is 0.923. The third kappa shape index (κ3) is 3.72. The van der Waals surface area contributed by atoms with E-state index in [9.17, 15) is 4.79 Å². The van der Waals surface area contributed by atoms with E-state index in [0.717, 1.165) is 41.6 Å². The van der Waals surface area contributed by atoms with Crippen LogP contribution in [0, 0.1) is 12.8 Å². The molecule has 0 aliphatic carbocycles. The van der Waals surface area contributed by atoms with Gasteiger partial charge in [-0.2, -0.15) is 0 Å². The average molecular weight is 316 g/mol. The Morgan fingerprint density at radius 3 is 2.95 bits per heavy atom. The van der Waals surface area contributed by atoms with Crippen LogP contribution in [0.5, 0.6) is 0 Å². The second-order valence-electron chi connectivity index (χ2n) is 5.62. The van der Waals surface area contributed by atoms with Crippen LogP contribution in [0.25, 0.3) is 0 Å². The predicted molar refractivity (Wildman–Crippen MR) is 87.4 cm³/mol. The van der Waals surface area contributed by atoms with Crippen LogP contribution in [0.1, 0.15) is 32.4 Å². The van der Waals surface area contributed by atoms with Crippen molar-refractivity contribution in [1.29, 1.82) is 0 Å². The first-order valence-corrected chi connectivity index (χ1v) is 8.40. The Kier molecular flexibility index (Phi) is 4.85. The monoisotopic (exact) mass is 316 g/mol. The maximum Gasteiger partial charge on any atom is 0.263 e. The van der Waals surface area contributed by atoms with Crippen LogP contribution in [0.15, 0.2) is 30.3 Å². The molecule has 2 aromatic rings. The number of aromatic nitrogens is 1. The summed E-state index contributed by atoms with van der Waals surface area (Å²) in [5.41, 5.74) is 2.03. The van der Waals surface area contributed by atoms with Gasteiger partial charge in [0.25, 0.3) is 5.91 Å². The lowest BCUT2D eigenvalue weighted by molar-refractivity contribution is 0.0948. The second-order valence-corrected chi connectivity index (χ2v) is 6.71. The lowest BCUT2D eigenvalue weighted by Gasteiger charge is -2.08. The van der Waals surface area contributed by atoms with E-state index >= 15 is 0 Å². The number of nitrogens with zero attached hydrogens (tertiary/aromatic N) is 1. The molecule has 1 amide bonds. The molecule has 0 unspecified atom stereocenters. The van der Waals surface area contributed by atoms with E-state index in [4.69, 9.17) is 4.74 Å². The molecule has 1 atom stereocenters. The van der Waals surface area contributed by atoms with E-state index in [2.05, 4.69) is 22.4 Å². The van der Waals surface area contributed by atoms with Crippen molar-refractivity contribution < 1.29 is 9.53 Å². The maximum absolute atomic E-state index is 12.3. The summed E-state index contributed by atoms with van der Waals surface area (Å²) in [6.07, 6.45) is 1.80. The van der Waals surface area contributed by atoms with Crippen LogP contribution < -0.4 is 5.32 Å². The van der Waals surface area contributed by atoms with Crippen LogP contribution >= 0.6 is 11.3 Å². The summed E-state index contributed by atoms with van der Waals surface area (Å²) in [4.78, 5) is 17.6. The van der Waals surface area contributed by atoms with Gasteiger partial charge in [-0.25, -0.2) is 4.98 Å². The first kappa shape index (κ1) is 15.2. The van der Waals surface area contributed by atoms with Crippen molar-refractivity contribution in [1.82, 2.24) is 10.3 Å².